The number of rotatable bonds is 4. The van der Waals surface area contributed by atoms with Gasteiger partial charge >= 0.3 is 0 Å². The number of aliphatic hydroxyl groups excluding tert-OH is 1. The quantitative estimate of drug-likeness (QED) is 0.626. The van der Waals surface area contributed by atoms with Crippen LogP contribution in [0, 0.1) is 0 Å². The molecule has 0 aromatic heterocycles. The number of ether oxygens (including phenoxy) is 2. The lowest BCUT2D eigenvalue weighted by Crippen LogP contribution is -1.93. The van der Waals surface area contributed by atoms with Gasteiger partial charge in [0.1, 0.15) is 5.76 Å². The van der Waals surface area contributed by atoms with Crippen molar-refractivity contribution in [1.82, 2.24) is 0 Å². The van der Waals surface area contributed by atoms with Gasteiger partial charge in [0.25, 0.3) is 0 Å². The number of carbonyl (C=O) groups excluding carboxylic acids is 1. The number of ketones is 1. The van der Waals surface area contributed by atoms with Crippen LogP contribution in [0.2, 0.25) is 0 Å². The van der Waals surface area contributed by atoms with Crippen LogP contribution in [0.5, 0.6) is 11.5 Å². The van der Waals surface area contributed by atoms with Gasteiger partial charge in [-0.15, -0.1) is 0 Å². The SMILES string of the molecule is COc1ccc(C(O)=CC(C)=O)cc1OC. The molecular formula is C12H14O4. The van der Waals surface area contributed by atoms with Crippen molar-refractivity contribution in [3.8, 4) is 11.5 Å². The highest BCUT2D eigenvalue weighted by Gasteiger charge is 2.07. The van der Waals surface area contributed by atoms with Gasteiger partial charge in [-0.3, -0.25) is 4.79 Å². The van der Waals surface area contributed by atoms with Crippen molar-refractivity contribution in [3.05, 3.63) is 29.8 Å². The van der Waals surface area contributed by atoms with E-state index in [9.17, 15) is 9.90 Å². The van der Waals surface area contributed by atoms with E-state index in [1.54, 1.807) is 18.2 Å². The van der Waals surface area contributed by atoms with E-state index in [1.807, 2.05) is 0 Å². The summed E-state index contributed by atoms with van der Waals surface area (Å²) < 4.78 is 10.1. The van der Waals surface area contributed by atoms with E-state index < -0.39 is 0 Å². The summed E-state index contributed by atoms with van der Waals surface area (Å²) in [7, 11) is 3.04. The molecule has 86 valence electrons. The van der Waals surface area contributed by atoms with Gasteiger partial charge in [-0.2, -0.15) is 0 Å². The van der Waals surface area contributed by atoms with E-state index in [0.717, 1.165) is 6.08 Å². The Kier molecular flexibility index (Phi) is 3.94. The third-order valence-electron chi connectivity index (χ3n) is 2.02. The molecular weight excluding hydrogens is 208 g/mol. The monoisotopic (exact) mass is 222 g/mol. The van der Waals surface area contributed by atoms with Gasteiger partial charge in [-0.25, -0.2) is 0 Å². The van der Waals surface area contributed by atoms with Crippen LogP contribution in [-0.4, -0.2) is 25.1 Å². The van der Waals surface area contributed by atoms with Crippen molar-refractivity contribution in [2.24, 2.45) is 0 Å². The molecule has 0 amide bonds. The highest BCUT2D eigenvalue weighted by molar-refractivity contribution is 5.93. The minimum Gasteiger partial charge on any atom is -0.507 e. The van der Waals surface area contributed by atoms with Gasteiger partial charge in [0, 0.05) is 11.6 Å². The Morgan fingerprint density at radius 1 is 1.25 bits per heavy atom. The molecule has 16 heavy (non-hydrogen) atoms. The van der Waals surface area contributed by atoms with Crippen LogP contribution in [0.4, 0.5) is 0 Å². The van der Waals surface area contributed by atoms with E-state index in [0.29, 0.717) is 17.1 Å². The molecule has 0 aliphatic carbocycles. The van der Waals surface area contributed by atoms with Crippen LogP contribution in [0.25, 0.3) is 5.76 Å². The summed E-state index contributed by atoms with van der Waals surface area (Å²) in [5, 5.41) is 9.62. The zero-order valence-electron chi connectivity index (χ0n) is 9.48. The molecule has 4 nitrogen and oxygen atoms in total. The van der Waals surface area contributed by atoms with Crippen molar-refractivity contribution < 1.29 is 19.4 Å². The zero-order chi connectivity index (χ0) is 12.1. The van der Waals surface area contributed by atoms with Crippen molar-refractivity contribution in [1.29, 1.82) is 0 Å². The molecule has 0 unspecified atom stereocenters. The molecule has 0 fully saturated rings. The zero-order valence-corrected chi connectivity index (χ0v) is 9.48. The van der Waals surface area contributed by atoms with E-state index >= 15 is 0 Å². The summed E-state index contributed by atoms with van der Waals surface area (Å²) in [6.45, 7) is 1.37. The number of benzene rings is 1. The Hall–Kier alpha value is -1.97. The van der Waals surface area contributed by atoms with Gasteiger partial charge in [0.2, 0.25) is 0 Å². The summed E-state index contributed by atoms with van der Waals surface area (Å²) in [6.07, 6.45) is 1.15. The van der Waals surface area contributed by atoms with Gasteiger partial charge in [-0.1, -0.05) is 0 Å². The van der Waals surface area contributed by atoms with Crippen LogP contribution in [0.3, 0.4) is 0 Å². The second-order valence-corrected chi connectivity index (χ2v) is 3.21. The normalized spacial score (nSPS) is 11.1. The van der Waals surface area contributed by atoms with Gasteiger partial charge in [0.05, 0.1) is 14.2 Å². The smallest absolute Gasteiger partial charge is 0.161 e. The van der Waals surface area contributed by atoms with Crippen LogP contribution in [0.15, 0.2) is 24.3 Å². The number of hydrogen-bond donors (Lipinski definition) is 1. The van der Waals surface area contributed by atoms with Crippen LogP contribution in [0.1, 0.15) is 12.5 Å². The topological polar surface area (TPSA) is 55.8 Å². The van der Waals surface area contributed by atoms with Crippen molar-refractivity contribution in [2.75, 3.05) is 14.2 Å². The molecule has 0 aliphatic rings. The highest BCUT2D eigenvalue weighted by Crippen LogP contribution is 2.29. The summed E-state index contributed by atoms with van der Waals surface area (Å²) in [4.78, 5) is 10.8. The van der Waals surface area contributed by atoms with Crippen LogP contribution < -0.4 is 9.47 Å². The summed E-state index contributed by atoms with van der Waals surface area (Å²) in [6, 6.07) is 4.92. The van der Waals surface area contributed by atoms with E-state index in [1.165, 1.54) is 21.1 Å². The number of allylic oxidation sites excluding steroid dienone is 1. The van der Waals surface area contributed by atoms with Crippen LogP contribution in [-0.2, 0) is 4.79 Å². The number of methoxy groups -OCH3 is 2. The Bertz CT molecular complexity index is 421. The summed E-state index contributed by atoms with van der Waals surface area (Å²) in [5.41, 5.74) is 0.507. The first-order chi connectivity index (χ1) is 7.58. The molecule has 1 N–H and O–H groups in total. The first-order valence-corrected chi connectivity index (χ1v) is 4.72. The summed E-state index contributed by atoms with van der Waals surface area (Å²) in [5.74, 6) is 0.770. The highest BCUT2D eigenvalue weighted by atomic mass is 16.5. The third-order valence-corrected chi connectivity index (χ3v) is 2.02. The Morgan fingerprint density at radius 3 is 2.38 bits per heavy atom. The molecule has 4 heteroatoms. The van der Waals surface area contributed by atoms with Crippen molar-refractivity contribution >= 4 is 11.5 Å². The molecule has 1 aromatic rings. The average molecular weight is 222 g/mol. The molecule has 0 heterocycles. The first-order valence-electron chi connectivity index (χ1n) is 4.72. The minimum absolute atomic E-state index is 0.0894. The first kappa shape index (κ1) is 12.1. The lowest BCUT2D eigenvalue weighted by Gasteiger charge is -2.08. The maximum atomic E-state index is 10.8. The van der Waals surface area contributed by atoms with Gasteiger partial charge < -0.3 is 14.6 Å². The maximum Gasteiger partial charge on any atom is 0.161 e. The third kappa shape index (κ3) is 2.76. The molecule has 0 spiro atoms. The Morgan fingerprint density at radius 2 is 1.88 bits per heavy atom. The fourth-order valence-electron chi connectivity index (χ4n) is 1.27. The fourth-order valence-corrected chi connectivity index (χ4v) is 1.27. The van der Waals surface area contributed by atoms with Crippen molar-refractivity contribution in [2.45, 2.75) is 6.92 Å². The molecule has 0 saturated heterocycles. The van der Waals surface area contributed by atoms with Crippen LogP contribution >= 0.6 is 0 Å². The number of hydrogen-bond acceptors (Lipinski definition) is 4. The molecule has 0 aliphatic heterocycles. The van der Waals surface area contributed by atoms with Gasteiger partial charge in [0.15, 0.2) is 17.3 Å². The predicted molar refractivity (Wildman–Crippen MR) is 60.8 cm³/mol. The van der Waals surface area contributed by atoms with Crippen molar-refractivity contribution in [3.63, 3.8) is 0 Å². The average Bonchev–Trinajstić information content (AvgIpc) is 2.27. The minimum atomic E-state index is -0.215. The molecule has 1 rings (SSSR count). The second-order valence-electron chi connectivity index (χ2n) is 3.21. The molecule has 0 bridgehead atoms. The molecule has 0 saturated carbocycles. The lowest BCUT2D eigenvalue weighted by molar-refractivity contribution is -0.112. The maximum absolute atomic E-state index is 10.8. The molecule has 0 radical (unpaired) electrons. The lowest BCUT2D eigenvalue weighted by atomic mass is 10.1. The number of carbonyl (C=O) groups is 1. The largest absolute Gasteiger partial charge is 0.507 e. The van der Waals surface area contributed by atoms with E-state index in [4.69, 9.17) is 9.47 Å². The standard InChI is InChI=1S/C12H14O4/c1-8(13)6-10(14)9-4-5-11(15-2)12(7-9)16-3/h4-7,14H,1-3H3. The molecule has 0 atom stereocenters. The van der Waals surface area contributed by atoms with E-state index in [2.05, 4.69) is 0 Å². The fraction of sp³-hybridized carbons (Fsp3) is 0.250. The molecule has 1 aromatic carbocycles. The second kappa shape index (κ2) is 5.21. The van der Waals surface area contributed by atoms with Gasteiger partial charge in [-0.05, 0) is 25.1 Å². The summed E-state index contributed by atoms with van der Waals surface area (Å²) >= 11 is 0. The Labute approximate surface area is 94.1 Å². The number of aliphatic hydroxyl groups is 1. The van der Waals surface area contributed by atoms with E-state index in [-0.39, 0.29) is 11.5 Å². The Balaban J connectivity index is 3.13. The predicted octanol–water partition coefficient (Wildman–Crippen LogP) is 2.19.